The van der Waals surface area contributed by atoms with Gasteiger partial charge in [-0.25, -0.2) is 4.99 Å². The Kier molecular flexibility index (Phi) is 9.64. The van der Waals surface area contributed by atoms with Gasteiger partial charge in [-0.1, -0.05) is 30.3 Å². The summed E-state index contributed by atoms with van der Waals surface area (Å²) >= 11 is 0. The zero-order valence-corrected chi connectivity index (χ0v) is 20.0. The van der Waals surface area contributed by atoms with Crippen molar-refractivity contribution in [2.75, 3.05) is 19.6 Å². The lowest BCUT2D eigenvalue weighted by atomic mass is 10.0. The molecule has 1 amide bonds. The molecule has 0 aliphatic carbocycles. The number of piperidine rings is 1. The normalized spacial score (nSPS) is 16.5. The van der Waals surface area contributed by atoms with Crippen molar-refractivity contribution in [1.29, 1.82) is 0 Å². The van der Waals surface area contributed by atoms with Crippen LogP contribution in [0.1, 0.15) is 54.6 Å². The minimum absolute atomic E-state index is 0. The zero-order valence-electron chi connectivity index (χ0n) is 17.6. The van der Waals surface area contributed by atoms with E-state index in [1.54, 1.807) is 12.1 Å². The number of nitrogens with one attached hydrogen (secondary N) is 2. The van der Waals surface area contributed by atoms with Crippen LogP contribution in [0.3, 0.4) is 0 Å². The number of amides is 1. The predicted molar refractivity (Wildman–Crippen MR) is 130 cm³/mol. The number of rotatable bonds is 7. The smallest absolute Gasteiger partial charge is 0.284 e. The molecule has 1 unspecified atom stereocenters. The highest BCUT2D eigenvalue weighted by atomic mass is 127. The van der Waals surface area contributed by atoms with Crippen LogP contribution < -0.4 is 16.4 Å². The number of hydrogen-bond acceptors (Lipinski definition) is 4. The Bertz CT molecular complexity index is 816. The molecule has 0 spiro atoms. The molecular formula is C22H32IN5O2. The third-order valence-corrected chi connectivity index (χ3v) is 5.34. The number of primary amides is 1. The van der Waals surface area contributed by atoms with Crippen LogP contribution in [0.4, 0.5) is 0 Å². The molecule has 1 aromatic carbocycles. The highest BCUT2D eigenvalue weighted by Gasteiger charge is 2.24. The fourth-order valence-electron chi connectivity index (χ4n) is 3.64. The van der Waals surface area contributed by atoms with Crippen LogP contribution in [-0.2, 0) is 6.54 Å². The van der Waals surface area contributed by atoms with Crippen LogP contribution in [0, 0.1) is 0 Å². The van der Waals surface area contributed by atoms with Crippen LogP contribution >= 0.6 is 24.0 Å². The highest BCUT2D eigenvalue weighted by Crippen LogP contribution is 2.24. The van der Waals surface area contributed by atoms with Gasteiger partial charge in [0.1, 0.15) is 12.3 Å². The van der Waals surface area contributed by atoms with Crippen molar-refractivity contribution in [2.45, 2.75) is 45.3 Å². The Labute approximate surface area is 195 Å². The third-order valence-electron chi connectivity index (χ3n) is 5.34. The monoisotopic (exact) mass is 525 g/mol. The topological polar surface area (TPSA) is 95.9 Å². The van der Waals surface area contributed by atoms with Crippen molar-refractivity contribution < 1.29 is 9.21 Å². The summed E-state index contributed by atoms with van der Waals surface area (Å²) < 4.78 is 5.40. The maximum absolute atomic E-state index is 11.1. The van der Waals surface area contributed by atoms with E-state index >= 15 is 0 Å². The van der Waals surface area contributed by atoms with Crippen LogP contribution in [-0.4, -0.2) is 42.4 Å². The van der Waals surface area contributed by atoms with Crippen molar-refractivity contribution in [3.63, 3.8) is 0 Å². The van der Waals surface area contributed by atoms with E-state index in [1.165, 1.54) is 5.56 Å². The summed E-state index contributed by atoms with van der Waals surface area (Å²) in [5.41, 5.74) is 6.59. The number of carbonyl (C=O) groups excluding carboxylic acids is 1. The summed E-state index contributed by atoms with van der Waals surface area (Å²) in [6, 6.07) is 14.8. The minimum atomic E-state index is -0.568. The minimum Gasteiger partial charge on any atom is -0.454 e. The number of aliphatic imine (C=N–C) groups is 1. The zero-order chi connectivity index (χ0) is 20.6. The SMILES string of the molecule is CCNC(=NCc1ccc(C(N)=O)o1)NC1CCN(C(C)c2ccccc2)CC1.I. The van der Waals surface area contributed by atoms with Crippen molar-refractivity contribution >= 4 is 35.8 Å². The quantitative estimate of drug-likeness (QED) is 0.293. The number of carbonyl (C=O) groups is 1. The lowest BCUT2D eigenvalue weighted by Crippen LogP contribution is -2.49. The largest absolute Gasteiger partial charge is 0.454 e. The molecule has 1 aromatic heterocycles. The average molecular weight is 525 g/mol. The third kappa shape index (κ3) is 6.73. The van der Waals surface area contributed by atoms with Crippen LogP contribution in [0.25, 0.3) is 0 Å². The lowest BCUT2D eigenvalue weighted by molar-refractivity contribution is 0.0972. The highest BCUT2D eigenvalue weighted by molar-refractivity contribution is 14.0. The summed E-state index contributed by atoms with van der Waals surface area (Å²) in [5.74, 6) is 0.969. The second-order valence-electron chi connectivity index (χ2n) is 7.37. The summed E-state index contributed by atoms with van der Waals surface area (Å²) in [7, 11) is 0. The second-order valence-corrected chi connectivity index (χ2v) is 7.37. The Morgan fingerprint density at radius 2 is 1.93 bits per heavy atom. The second kappa shape index (κ2) is 11.9. The number of benzene rings is 1. The summed E-state index contributed by atoms with van der Waals surface area (Å²) in [4.78, 5) is 18.3. The number of nitrogens with two attached hydrogens (primary N) is 1. The molecule has 0 bridgehead atoms. The first kappa shape index (κ1) is 24.2. The predicted octanol–water partition coefficient (Wildman–Crippen LogP) is 3.28. The van der Waals surface area contributed by atoms with Crippen LogP contribution in [0.2, 0.25) is 0 Å². The summed E-state index contributed by atoms with van der Waals surface area (Å²) in [5, 5.41) is 6.82. The van der Waals surface area contributed by atoms with Gasteiger partial charge in [0, 0.05) is 31.7 Å². The molecular weight excluding hydrogens is 493 g/mol. The van der Waals surface area contributed by atoms with Gasteiger partial charge < -0.3 is 20.8 Å². The van der Waals surface area contributed by atoms with Crippen molar-refractivity contribution in [3.8, 4) is 0 Å². The van der Waals surface area contributed by atoms with Gasteiger partial charge in [-0.15, -0.1) is 24.0 Å². The van der Waals surface area contributed by atoms with Crippen molar-refractivity contribution in [1.82, 2.24) is 15.5 Å². The van der Waals surface area contributed by atoms with Gasteiger partial charge in [0.05, 0.1) is 0 Å². The van der Waals surface area contributed by atoms with E-state index in [2.05, 4.69) is 57.8 Å². The molecule has 0 radical (unpaired) electrons. The molecule has 164 valence electrons. The van der Waals surface area contributed by atoms with Gasteiger partial charge in [0.25, 0.3) is 5.91 Å². The fraction of sp³-hybridized carbons (Fsp3) is 0.455. The molecule has 3 rings (SSSR count). The standard InChI is InChI=1S/C22H31N5O2.HI/c1-3-24-22(25-15-19-9-10-20(29-19)21(23)28)26-18-11-13-27(14-12-18)16(2)17-7-5-4-6-8-17;/h4-10,16,18H,3,11-15H2,1-2H3,(H2,23,28)(H2,24,25,26);1H. The van der Waals surface area contributed by atoms with Gasteiger partial charge in [0.2, 0.25) is 0 Å². The average Bonchev–Trinajstić information content (AvgIpc) is 3.22. The number of guanidine groups is 1. The molecule has 1 fully saturated rings. The molecule has 2 heterocycles. The van der Waals surface area contributed by atoms with E-state index in [1.807, 2.05) is 6.92 Å². The molecule has 1 atom stereocenters. The number of halogens is 1. The maximum atomic E-state index is 11.1. The van der Waals surface area contributed by atoms with E-state index in [-0.39, 0.29) is 29.7 Å². The van der Waals surface area contributed by atoms with Gasteiger partial charge in [-0.2, -0.15) is 0 Å². The molecule has 2 aromatic rings. The molecule has 1 aliphatic rings. The molecule has 8 heteroatoms. The van der Waals surface area contributed by atoms with Crippen molar-refractivity contribution in [2.24, 2.45) is 10.7 Å². The first-order chi connectivity index (χ1) is 14.1. The van der Waals surface area contributed by atoms with E-state index in [4.69, 9.17) is 10.2 Å². The first-order valence-electron chi connectivity index (χ1n) is 10.3. The molecule has 1 aliphatic heterocycles. The molecule has 30 heavy (non-hydrogen) atoms. The number of nitrogens with zero attached hydrogens (tertiary/aromatic N) is 2. The maximum Gasteiger partial charge on any atom is 0.284 e. The number of furan rings is 1. The van der Waals surface area contributed by atoms with E-state index in [9.17, 15) is 4.79 Å². The van der Waals surface area contributed by atoms with Gasteiger partial charge in [0.15, 0.2) is 11.7 Å². The Balaban J connectivity index is 0.00000320. The van der Waals surface area contributed by atoms with E-state index in [0.29, 0.717) is 24.4 Å². The van der Waals surface area contributed by atoms with E-state index in [0.717, 1.165) is 38.4 Å². The molecule has 0 saturated carbocycles. The van der Waals surface area contributed by atoms with Gasteiger partial charge in [-0.3, -0.25) is 9.69 Å². The molecule has 7 nitrogen and oxygen atoms in total. The Morgan fingerprint density at radius 3 is 2.53 bits per heavy atom. The Hall–Kier alpha value is -2.07. The van der Waals surface area contributed by atoms with Gasteiger partial charge >= 0.3 is 0 Å². The number of likely N-dealkylation sites (tertiary alicyclic amines) is 1. The summed E-state index contributed by atoms with van der Waals surface area (Å²) in [6.07, 6.45) is 2.13. The first-order valence-corrected chi connectivity index (χ1v) is 10.3. The van der Waals surface area contributed by atoms with Crippen LogP contribution in [0.5, 0.6) is 0 Å². The van der Waals surface area contributed by atoms with E-state index < -0.39 is 5.91 Å². The molecule has 1 saturated heterocycles. The van der Waals surface area contributed by atoms with Gasteiger partial charge in [-0.05, 0) is 44.4 Å². The fourth-order valence-corrected chi connectivity index (χ4v) is 3.64. The Morgan fingerprint density at radius 1 is 1.23 bits per heavy atom. The molecule has 4 N–H and O–H groups in total. The summed E-state index contributed by atoms with van der Waals surface area (Å²) in [6.45, 7) is 7.55. The van der Waals surface area contributed by atoms with Crippen LogP contribution in [0.15, 0.2) is 51.9 Å². The number of hydrogen-bond donors (Lipinski definition) is 3. The lowest BCUT2D eigenvalue weighted by Gasteiger charge is -2.37. The van der Waals surface area contributed by atoms with Crippen molar-refractivity contribution in [3.05, 3.63) is 59.5 Å².